The Bertz CT molecular complexity index is 173. The first-order chi connectivity index (χ1) is 5.74. The quantitative estimate of drug-likeness (QED) is 0.601. The molecule has 1 heterocycles. The number of nitriles is 1. The van der Waals surface area contributed by atoms with Crippen molar-refractivity contribution in [3.8, 4) is 6.07 Å². The van der Waals surface area contributed by atoms with Crippen molar-refractivity contribution in [2.45, 2.75) is 19.4 Å². The molecule has 3 nitrogen and oxygen atoms in total. The molecule has 3 heteroatoms. The molecule has 0 radical (unpaired) electrons. The van der Waals surface area contributed by atoms with E-state index in [-0.39, 0.29) is 0 Å². The van der Waals surface area contributed by atoms with Crippen molar-refractivity contribution >= 4 is 0 Å². The summed E-state index contributed by atoms with van der Waals surface area (Å²) in [5, 5.41) is 8.45. The first kappa shape index (κ1) is 9.50. The molecule has 1 fully saturated rings. The minimum absolute atomic E-state index is 0.608. The van der Waals surface area contributed by atoms with Crippen LogP contribution in [0.15, 0.2) is 0 Å². The van der Waals surface area contributed by atoms with Gasteiger partial charge in [0.25, 0.3) is 0 Å². The molecule has 1 atom stereocenters. The Morgan fingerprint density at radius 3 is 2.83 bits per heavy atom. The molecule has 0 saturated carbocycles. The van der Waals surface area contributed by atoms with Gasteiger partial charge in [-0.2, -0.15) is 5.26 Å². The highest BCUT2D eigenvalue weighted by atomic mass is 15.3. The number of rotatable bonds is 2. The van der Waals surface area contributed by atoms with Gasteiger partial charge in [-0.15, -0.1) is 0 Å². The number of hydrogen-bond donors (Lipinski definition) is 0. The molecule has 0 aromatic rings. The van der Waals surface area contributed by atoms with Crippen molar-refractivity contribution < 1.29 is 0 Å². The lowest BCUT2D eigenvalue weighted by Gasteiger charge is -2.37. The van der Waals surface area contributed by atoms with Gasteiger partial charge in [0.1, 0.15) is 0 Å². The second-order valence-corrected chi connectivity index (χ2v) is 3.56. The predicted octanol–water partition coefficient (Wildman–Crippen LogP) is 0.536. The highest BCUT2D eigenvalue weighted by molar-refractivity contribution is 4.80. The van der Waals surface area contributed by atoms with Crippen LogP contribution >= 0.6 is 0 Å². The molecule has 0 amide bonds. The van der Waals surface area contributed by atoms with Crippen LogP contribution in [0.5, 0.6) is 0 Å². The van der Waals surface area contributed by atoms with Crippen molar-refractivity contribution in [2.24, 2.45) is 0 Å². The van der Waals surface area contributed by atoms with Crippen LogP contribution in [0.25, 0.3) is 0 Å². The van der Waals surface area contributed by atoms with Gasteiger partial charge in [0.2, 0.25) is 0 Å². The standard InChI is InChI=1S/C9H17N3/c1-9-8-11(2)6-7-12(9)5-3-4-10/h9H,3,5-8H2,1-2H3/t9-/m1/s1. The number of hydrogen-bond acceptors (Lipinski definition) is 3. The van der Waals surface area contributed by atoms with Crippen molar-refractivity contribution in [3.05, 3.63) is 0 Å². The molecule has 0 unspecified atom stereocenters. The second-order valence-electron chi connectivity index (χ2n) is 3.56. The second kappa shape index (κ2) is 4.44. The summed E-state index contributed by atoms with van der Waals surface area (Å²) in [7, 11) is 2.15. The number of nitrogens with zero attached hydrogens (tertiary/aromatic N) is 3. The molecule has 1 rings (SSSR count). The molecular weight excluding hydrogens is 150 g/mol. The van der Waals surface area contributed by atoms with Gasteiger partial charge < -0.3 is 4.90 Å². The molecule has 1 aliphatic heterocycles. The van der Waals surface area contributed by atoms with E-state index in [1.807, 2.05) is 0 Å². The minimum Gasteiger partial charge on any atom is -0.304 e. The fourth-order valence-electron chi connectivity index (χ4n) is 1.70. The summed E-state index contributed by atoms with van der Waals surface area (Å²) in [6, 6.07) is 2.80. The highest BCUT2D eigenvalue weighted by Crippen LogP contribution is 2.07. The van der Waals surface area contributed by atoms with E-state index in [0.717, 1.165) is 26.2 Å². The Hall–Kier alpha value is -0.590. The largest absolute Gasteiger partial charge is 0.304 e. The molecule has 1 saturated heterocycles. The zero-order valence-electron chi connectivity index (χ0n) is 7.95. The zero-order valence-corrected chi connectivity index (χ0v) is 7.95. The van der Waals surface area contributed by atoms with Crippen LogP contribution in [0.3, 0.4) is 0 Å². The van der Waals surface area contributed by atoms with Gasteiger partial charge in [-0.1, -0.05) is 0 Å². The third kappa shape index (κ3) is 2.47. The maximum absolute atomic E-state index is 8.45. The zero-order chi connectivity index (χ0) is 8.97. The molecule has 0 aromatic carbocycles. The average Bonchev–Trinajstić information content (AvgIpc) is 2.03. The summed E-state index contributed by atoms with van der Waals surface area (Å²) in [5.41, 5.74) is 0. The van der Waals surface area contributed by atoms with Crippen LogP contribution in [0.4, 0.5) is 0 Å². The van der Waals surface area contributed by atoms with Gasteiger partial charge in [-0.25, -0.2) is 0 Å². The SMILES string of the molecule is C[C@@H]1CN(C)CCN1CCC#N. The van der Waals surface area contributed by atoms with E-state index < -0.39 is 0 Å². The summed E-state index contributed by atoms with van der Waals surface area (Å²) in [4.78, 5) is 4.73. The normalized spacial score (nSPS) is 26.9. The summed E-state index contributed by atoms with van der Waals surface area (Å²) >= 11 is 0. The van der Waals surface area contributed by atoms with Crippen LogP contribution in [-0.2, 0) is 0 Å². The maximum atomic E-state index is 8.45. The third-order valence-corrected chi connectivity index (χ3v) is 2.48. The molecule has 68 valence electrons. The third-order valence-electron chi connectivity index (χ3n) is 2.48. The van der Waals surface area contributed by atoms with Crippen molar-refractivity contribution in [3.63, 3.8) is 0 Å². The van der Waals surface area contributed by atoms with Crippen LogP contribution in [0, 0.1) is 11.3 Å². The lowest BCUT2D eigenvalue weighted by molar-refractivity contribution is 0.102. The van der Waals surface area contributed by atoms with E-state index >= 15 is 0 Å². The van der Waals surface area contributed by atoms with Crippen LogP contribution in [0.1, 0.15) is 13.3 Å². The Morgan fingerprint density at radius 2 is 2.25 bits per heavy atom. The molecule has 0 aliphatic carbocycles. The van der Waals surface area contributed by atoms with Crippen molar-refractivity contribution in [1.82, 2.24) is 9.80 Å². The lowest BCUT2D eigenvalue weighted by atomic mass is 10.2. The molecule has 0 N–H and O–H groups in total. The Labute approximate surface area is 74.6 Å². The van der Waals surface area contributed by atoms with Gasteiger partial charge in [0, 0.05) is 38.6 Å². The van der Waals surface area contributed by atoms with Gasteiger partial charge in [0.05, 0.1) is 6.07 Å². The number of likely N-dealkylation sites (N-methyl/N-ethyl adjacent to an activating group) is 1. The van der Waals surface area contributed by atoms with Crippen LogP contribution in [-0.4, -0.2) is 49.1 Å². The highest BCUT2D eigenvalue weighted by Gasteiger charge is 2.20. The topological polar surface area (TPSA) is 30.3 Å². The van der Waals surface area contributed by atoms with Gasteiger partial charge in [0.15, 0.2) is 0 Å². The summed E-state index contributed by atoms with van der Waals surface area (Å²) in [6.45, 7) is 6.54. The molecule has 0 spiro atoms. The van der Waals surface area contributed by atoms with Gasteiger partial charge >= 0.3 is 0 Å². The van der Waals surface area contributed by atoms with Crippen LogP contribution < -0.4 is 0 Å². The smallest absolute Gasteiger partial charge is 0.0635 e. The molecule has 0 aromatic heterocycles. The maximum Gasteiger partial charge on any atom is 0.0635 e. The van der Waals surface area contributed by atoms with Crippen LogP contribution in [0.2, 0.25) is 0 Å². The number of piperazine rings is 1. The minimum atomic E-state index is 0.608. The lowest BCUT2D eigenvalue weighted by Crippen LogP contribution is -2.50. The summed E-state index contributed by atoms with van der Waals surface area (Å²) < 4.78 is 0. The first-order valence-electron chi connectivity index (χ1n) is 4.53. The summed E-state index contributed by atoms with van der Waals surface area (Å²) in [5.74, 6) is 0. The van der Waals surface area contributed by atoms with E-state index in [2.05, 4.69) is 29.8 Å². The van der Waals surface area contributed by atoms with E-state index in [9.17, 15) is 0 Å². The fourth-order valence-corrected chi connectivity index (χ4v) is 1.70. The van der Waals surface area contributed by atoms with E-state index in [1.165, 1.54) is 0 Å². The van der Waals surface area contributed by atoms with Gasteiger partial charge in [-0.3, -0.25) is 4.90 Å². The Balaban J connectivity index is 2.30. The monoisotopic (exact) mass is 167 g/mol. The van der Waals surface area contributed by atoms with Gasteiger partial charge in [-0.05, 0) is 14.0 Å². The molecule has 0 bridgehead atoms. The van der Waals surface area contributed by atoms with E-state index in [1.54, 1.807) is 0 Å². The average molecular weight is 167 g/mol. The molecule has 12 heavy (non-hydrogen) atoms. The molecule has 1 aliphatic rings. The van der Waals surface area contributed by atoms with Crippen molar-refractivity contribution in [2.75, 3.05) is 33.2 Å². The summed E-state index contributed by atoms with van der Waals surface area (Å²) in [6.07, 6.45) is 0.661. The predicted molar refractivity (Wildman–Crippen MR) is 48.8 cm³/mol. The fraction of sp³-hybridized carbons (Fsp3) is 0.889. The molecular formula is C9H17N3. The van der Waals surface area contributed by atoms with Crippen molar-refractivity contribution in [1.29, 1.82) is 5.26 Å². The first-order valence-corrected chi connectivity index (χ1v) is 4.53. The Morgan fingerprint density at radius 1 is 1.50 bits per heavy atom. The van der Waals surface area contributed by atoms with E-state index in [0.29, 0.717) is 12.5 Å². The van der Waals surface area contributed by atoms with E-state index in [4.69, 9.17) is 5.26 Å². The Kier molecular flexibility index (Phi) is 3.51.